The van der Waals surface area contributed by atoms with E-state index in [1.807, 2.05) is 0 Å². The maximum atomic E-state index is 13.8. The maximum absolute atomic E-state index is 13.8. The van der Waals surface area contributed by atoms with Crippen molar-refractivity contribution in [2.75, 3.05) is 19.3 Å². The van der Waals surface area contributed by atoms with Crippen molar-refractivity contribution in [2.24, 2.45) is 5.92 Å². The Balaban J connectivity index is 1.65. The Kier molecular flexibility index (Phi) is 5.85. The lowest BCUT2D eigenvalue weighted by atomic mass is 10.0. The molecule has 1 saturated carbocycles. The van der Waals surface area contributed by atoms with Crippen LogP contribution in [0.15, 0.2) is 35.4 Å². The molecule has 2 aromatic rings. The second-order valence-corrected chi connectivity index (χ2v) is 11.1. The van der Waals surface area contributed by atoms with Crippen LogP contribution in [0.2, 0.25) is 0 Å². The van der Waals surface area contributed by atoms with Crippen molar-refractivity contribution in [1.82, 2.24) is 14.9 Å². The summed E-state index contributed by atoms with van der Waals surface area (Å²) in [5, 5.41) is 0. The molecule has 1 aliphatic carbocycles. The van der Waals surface area contributed by atoms with E-state index in [0.29, 0.717) is 13.3 Å². The number of hydrogen-bond donors (Lipinski definition) is 0. The maximum Gasteiger partial charge on any atom is 0.425 e. The molecule has 190 valence electrons. The van der Waals surface area contributed by atoms with Gasteiger partial charge < -0.3 is 9.64 Å². The number of alkyl halides is 5. The fourth-order valence-corrected chi connectivity index (χ4v) is 4.91. The lowest BCUT2D eigenvalue weighted by molar-refractivity contribution is -0.189. The highest BCUT2D eigenvalue weighted by molar-refractivity contribution is 7.90. The van der Waals surface area contributed by atoms with Crippen LogP contribution in [-0.2, 0) is 21.2 Å². The van der Waals surface area contributed by atoms with Gasteiger partial charge in [-0.1, -0.05) is 0 Å². The van der Waals surface area contributed by atoms with Crippen LogP contribution in [-0.4, -0.2) is 60.8 Å². The van der Waals surface area contributed by atoms with Gasteiger partial charge in [0.1, 0.15) is 17.3 Å². The minimum absolute atomic E-state index is 0.0482. The molecular formula is C22H22F5N3O4S. The van der Waals surface area contributed by atoms with E-state index >= 15 is 0 Å². The fraction of sp³-hybridized carbons (Fsp3) is 0.500. The van der Waals surface area contributed by atoms with Gasteiger partial charge in [0.05, 0.1) is 15.9 Å². The van der Waals surface area contributed by atoms with E-state index in [4.69, 9.17) is 4.74 Å². The summed E-state index contributed by atoms with van der Waals surface area (Å²) in [6, 6.07) is 4.19. The molecule has 35 heavy (non-hydrogen) atoms. The zero-order valence-electron chi connectivity index (χ0n) is 18.9. The van der Waals surface area contributed by atoms with Crippen LogP contribution in [0.1, 0.15) is 42.1 Å². The zero-order chi connectivity index (χ0) is 26.0. The highest BCUT2D eigenvalue weighted by atomic mass is 32.2. The molecule has 0 N–H and O–H groups in total. The number of hydrogen-bond acceptors (Lipinski definition) is 6. The molecule has 1 saturated heterocycles. The number of carbonyl (C=O) groups excluding carboxylic acids is 1. The summed E-state index contributed by atoms with van der Waals surface area (Å²) >= 11 is 0. The summed E-state index contributed by atoms with van der Waals surface area (Å²) in [5.74, 6) is -4.28. The summed E-state index contributed by atoms with van der Waals surface area (Å²) < 4.78 is 95.7. The third-order valence-corrected chi connectivity index (χ3v) is 7.47. The van der Waals surface area contributed by atoms with E-state index in [1.54, 1.807) is 0 Å². The molecule has 0 radical (unpaired) electrons. The smallest absolute Gasteiger partial charge is 0.425 e. The number of carbonyl (C=O) groups is 1. The van der Waals surface area contributed by atoms with E-state index < -0.39 is 50.8 Å². The Morgan fingerprint density at radius 1 is 1.23 bits per heavy atom. The molecule has 1 aromatic carbocycles. The van der Waals surface area contributed by atoms with Gasteiger partial charge >= 0.3 is 6.18 Å². The Labute approximate surface area is 198 Å². The number of halogens is 5. The first-order valence-corrected chi connectivity index (χ1v) is 12.5. The van der Waals surface area contributed by atoms with Crippen LogP contribution in [0, 0.1) is 5.92 Å². The van der Waals surface area contributed by atoms with Gasteiger partial charge in [-0.05, 0) is 43.5 Å². The van der Waals surface area contributed by atoms with Crippen LogP contribution in [0.25, 0.3) is 0 Å². The summed E-state index contributed by atoms with van der Waals surface area (Å²) in [4.78, 5) is 22.6. The molecule has 4 rings (SSSR count). The summed E-state index contributed by atoms with van der Waals surface area (Å²) in [7, 11) is -3.77. The SMILES string of the molecule is CC(Oc1ccc(S(C)(=O)=O)cc1C(=O)N1CC2CC2(c2nccc(C(C)(F)F)n2)C1)C(F)(F)F. The van der Waals surface area contributed by atoms with E-state index in [1.165, 1.54) is 11.1 Å². The predicted octanol–water partition coefficient (Wildman–Crippen LogP) is 3.74. The third kappa shape index (κ3) is 4.82. The number of fused-ring (bicyclic) bond motifs is 1. The Bertz CT molecular complexity index is 1280. The summed E-state index contributed by atoms with van der Waals surface area (Å²) in [6.45, 7) is 1.72. The molecule has 0 spiro atoms. The van der Waals surface area contributed by atoms with Gasteiger partial charge in [-0.3, -0.25) is 4.79 Å². The molecule has 0 bridgehead atoms. The Morgan fingerprint density at radius 2 is 1.91 bits per heavy atom. The number of aromatic nitrogens is 2. The number of likely N-dealkylation sites (tertiary alicyclic amines) is 1. The van der Waals surface area contributed by atoms with E-state index in [2.05, 4.69) is 9.97 Å². The first-order valence-electron chi connectivity index (χ1n) is 10.6. The lowest BCUT2D eigenvalue weighted by Crippen LogP contribution is -2.35. The van der Waals surface area contributed by atoms with E-state index in [0.717, 1.165) is 37.4 Å². The number of nitrogens with zero attached hydrogens (tertiary/aromatic N) is 3. The predicted molar refractivity (Wildman–Crippen MR) is 113 cm³/mol. The van der Waals surface area contributed by atoms with Gasteiger partial charge in [0.25, 0.3) is 11.8 Å². The van der Waals surface area contributed by atoms with Gasteiger partial charge in [0, 0.05) is 32.5 Å². The molecule has 3 atom stereocenters. The quantitative estimate of drug-likeness (QED) is 0.541. The minimum atomic E-state index is -4.71. The molecule has 2 aliphatic rings. The summed E-state index contributed by atoms with van der Waals surface area (Å²) in [6.07, 6.45) is -4.26. The van der Waals surface area contributed by atoms with Crippen LogP contribution in [0.4, 0.5) is 22.0 Å². The monoisotopic (exact) mass is 519 g/mol. The lowest BCUT2D eigenvalue weighted by Gasteiger charge is -2.24. The molecule has 1 amide bonds. The first-order chi connectivity index (χ1) is 16.0. The van der Waals surface area contributed by atoms with Crippen molar-refractivity contribution >= 4 is 15.7 Å². The van der Waals surface area contributed by atoms with Crippen molar-refractivity contribution in [3.8, 4) is 5.75 Å². The number of sulfone groups is 1. The molecule has 1 aromatic heterocycles. The average molecular weight is 519 g/mol. The van der Waals surface area contributed by atoms with E-state index in [9.17, 15) is 35.2 Å². The van der Waals surface area contributed by atoms with E-state index in [-0.39, 0.29) is 35.3 Å². The molecule has 3 unspecified atom stereocenters. The molecule has 2 heterocycles. The van der Waals surface area contributed by atoms with Gasteiger partial charge in [-0.2, -0.15) is 22.0 Å². The van der Waals surface area contributed by atoms with Crippen molar-refractivity contribution in [1.29, 1.82) is 0 Å². The number of amides is 1. The molecule has 13 heteroatoms. The molecule has 7 nitrogen and oxygen atoms in total. The molecular weight excluding hydrogens is 497 g/mol. The normalized spacial score (nSPS) is 23.1. The van der Waals surface area contributed by atoms with Crippen molar-refractivity contribution in [3.63, 3.8) is 0 Å². The number of rotatable bonds is 6. The van der Waals surface area contributed by atoms with Crippen LogP contribution < -0.4 is 4.74 Å². The highest BCUT2D eigenvalue weighted by Gasteiger charge is 2.64. The van der Waals surface area contributed by atoms with Crippen molar-refractivity contribution in [2.45, 2.75) is 48.8 Å². The largest absolute Gasteiger partial charge is 0.480 e. The van der Waals surface area contributed by atoms with Crippen molar-refractivity contribution in [3.05, 3.63) is 47.5 Å². The Hall–Kier alpha value is -2.83. The van der Waals surface area contributed by atoms with Gasteiger partial charge in [-0.25, -0.2) is 18.4 Å². The van der Waals surface area contributed by atoms with Gasteiger partial charge in [-0.15, -0.1) is 0 Å². The Morgan fingerprint density at radius 3 is 2.51 bits per heavy atom. The zero-order valence-corrected chi connectivity index (χ0v) is 19.8. The second kappa shape index (κ2) is 8.10. The van der Waals surface area contributed by atoms with Crippen LogP contribution in [0.5, 0.6) is 5.75 Å². The van der Waals surface area contributed by atoms with Gasteiger partial charge in [0.2, 0.25) is 0 Å². The number of ether oxygens (including phenoxy) is 1. The van der Waals surface area contributed by atoms with Gasteiger partial charge in [0.15, 0.2) is 15.9 Å². The third-order valence-electron chi connectivity index (χ3n) is 6.36. The van der Waals surface area contributed by atoms with Crippen LogP contribution in [0.3, 0.4) is 0 Å². The number of piperidine rings is 1. The molecule has 1 aliphatic heterocycles. The minimum Gasteiger partial charge on any atom is -0.480 e. The first kappa shape index (κ1) is 25.3. The second-order valence-electron chi connectivity index (χ2n) is 9.13. The highest BCUT2D eigenvalue weighted by Crippen LogP contribution is 2.58. The standard InChI is InChI=1S/C22H22F5N3O4S/c1-12(22(25,26)27)34-16-5-4-14(35(3,32)33)8-15(16)18(31)30-10-13-9-21(13,11-30)19-28-7-6-17(29-19)20(2,23)24/h4-8,12-13H,9-11H2,1-3H3. The molecule has 2 fully saturated rings. The van der Waals surface area contributed by atoms with Crippen molar-refractivity contribution < 1.29 is 39.9 Å². The van der Waals surface area contributed by atoms with Crippen LogP contribution >= 0.6 is 0 Å². The average Bonchev–Trinajstić information content (AvgIpc) is 3.32. The fourth-order valence-electron chi connectivity index (χ4n) is 4.26. The topological polar surface area (TPSA) is 89.5 Å². The summed E-state index contributed by atoms with van der Waals surface area (Å²) in [5.41, 5.74) is -1.54. The number of benzene rings is 1.